The van der Waals surface area contributed by atoms with Crippen LogP contribution in [0, 0.1) is 6.92 Å². The Balaban J connectivity index is 1.88. The third-order valence-corrected chi connectivity index (χ3v) is 3.35. The maximum atomic E-state index is 5.65. The molecule has 0 aliphatic heterocycles. The van der Waals surface area contributed by atoms with Crippen molar-refractivity contribution >= 4 is 5.96 Å². The van der Waals surface area contributed by atoms with Crippen molar-refractivity contribution in [1.82, 2.24) is 10.6 Å². The van der Waals surface area contributed by atoms with Crippen LogP contribution in [0.15, 0.2) is 44.4 Å². The third-order valence-electron chi connectivity index (χ3n) is 3.35. The second-order valence-electron chi connectivity index (χ2n) is 5.29. The zero-order chi connectivity index (χ0) is 16.5. The number of aliphatic imine (C=N–C) groups is 1. The number of methoxy groups -OCH3 is 1. The van der Waals surface area contributed by atoms with E-state index in [4.69, 9.17) is 13.6 Å². The predicted octanol–water partition coefficient (Wildman–Crippen LogP) is 2.67. The van der Waals surface area contributed by atoms with E-state index < -0.39 is 0 Å². The van der Waals surface area contributed by atoms with Crippen molar-refractivity contribution in [2.45, 2.75) is 26.3 Å². The Morgan fingerprint density at radius 1 is 1.35 bits per heavy atom. The van der Waals surface area contributed by atoms with E-state index in [1.807, 2.05) is 38.1 Å². The molecular weight excluding hydrogens is 294 g/mol. The summed E-state index contributed by atoms with van der Waals surface area (Å²) in [6.45, 7) is 5.88. The molecule has 1 unspecified atom stereocenters. The lowest BCUT2D eigenvalue weighted by molar-refractivity contribution is 0.208. The molecule has 6 heteroatoms. The van der Waals surface area contributed by atoms with Crippen LogP contribution in [-0.4, -0.2) is 32.8 Å². The molecule has 6 nitrogen and oxygen atoms in total. The van der Waals surface area contributed by atoms with E-state index in [1.165, 1.54) is 0 Å². The summed E-state index contributed by atoms with van der Waals surface area (Å²) >= 11 is 0. The molecule has 0 aliphatic rings. The molecule has 2 N–H and O–H groups in total. The smallest absolute Gasteiger partial charge is 0.191 e. The first-order chi connectivity index (χ1) is 11.2. The first kappa shape index (κ1) is 17.1. The number of rotatable bonds is 8. The maximum Gasteiger partial charge on any atom is 0.191 e. The van der Waals surface area contributed by atoms with Crippen LogP contribution < -0.4 is 10.6 Å². The van der Waals surface area contributed by atoms with Crippen LogP contribution in [0.4, 0.5) is 0 Å². The van der Waals surface area contributed by atoms with Crippen molar-refractivity contribution in [1.29, 1.82) is 0 Å². The van der Waals surface area contributed by atoms with Crippen LogP contribution in [0.1, 0.15) is 30.2 Å². The zero-order valence-electron chi connectivity index (χ0n) is 14.0. The molecule has 2 rings (SSSR count). The van der Waals surface area contributed by atoms with Gasteiger partial charge < -0.3 is 24.2 Å². The van der Waals surface area contributed by atoms with Gasteiger partial charge >= 0.3 is 0 Å². The maximum absolute atomic E-state index is 5.65. The Hall–Kier alpha value is -2.21. The summed E-state index contributed by atoms with van der Waals surface area (Å²) in [5.41, 5.74) is 0. The van der Waals surface area contributed by atoms with Crippen molar-refractivity contribution < 1.29 is 13.6 Å². The fourth-order valence-electron chi connectivity index (χ4n) is 2.12. The summed E-state index contributed by atoms with van der Waals surface area (Å²) in [6, 6.07) is 7.82. The van der Waals surface area contributed by atoms with E-state index in [-0.39, 0.29) is 6.04 Å². The second kappa shape index (κ2) is 9.05. The lowest BCUT2D eigenvalue weighted by Crippen LogP contribution is -2.40. The Morgan fingerprint density at radius 3 is 2.87 bits per heavy atom. The highest BCUT2D eigenvalue weighted by atomic mass is 16.5. The zero-order valence-corrected chi connectivity index (χ0v) is 14.0. The van der Waals surface area contributed by atoms with Crippen molar-refractivity contribution in [3.05, 3.63) is 47.8 Å². The van der Waals surface area contributed by atoms with Gasteiger partial charge in [0.25, 0.3) is 0 Å². The van der Waals surface area contributed by atoms with Crippen molar-refractivity contribution in [3.8, 4) is 0 Å². The largest absolute Gasteiger partial charge is 0.469 e. The lowest BCUT2D eigenvalue weighted by Gasteiger charge is -2.16. The predicted molar refractivity (Wildman–Crippen MR) is 89.6 cm³/mol. The van der Waals surface area contributed by atoms with Gasteiger partial charge in [0.2, 0.25) is 0 Å². The molecule has 0 fully saturated rings. The SMILES string of the molecule is COCCN=C(NCCc1ccco1)NC(C)c1ccc(C)o1. The fraction of sp³-hybridized carbons (Fsp3) is 0.471. The molecular formula is C17H25N3O3. The molecule has 0 amide bonds. The van der Waals surface area contributed by atoms with E-state index in [2.05, 4.69) is 15.6 Å². The molecule has 23 heavy (non-hydrogen) atoms. The van der Waals surface area contributed by atoms with E-state index >= 15 is 0 Å². The number of hydrogen-bond donors (Lipinski definition) is 2. The van der Waals surface area contributed by atoms with Gasteiger partial charge in [0.1, 0.15) is 17.3 Å². The van der Waals surface area contributed by atoms with Crippen molar-refractivity contribution in [3.63, 3.8) is 0 Å². The van der Waals surface area contributed by atoms with Gasteiger partial charge in [0.15, 0.2) is 5.96 Å². The first-order valence-corrected chi connectivity index (χ1v) is 7.81. The van der Waals surface area contributed by atoms with E-state index in [9.17, 15) is 0 Å². The van der Waals surface area contributed by atoms with E-state index in [0.717, 1.165) is 36.2 Å². The Labute approximate surface area is 136 Å². The van der Waals surface area contributed by atoms with Crippen LogP contribution in [0.2, 0.25) is 0 Å². The molecule has 0 aromatic carbocycles. The Bertz CT molecular complexity index is 590. The molecule has 2 aromatic heterocycles. The van der Waals surface area contributed by atoms with Crippen LogP contribution in [0.5, 0.6) is 0 Å². The van der Waals surface area contributed by atoms with Crippen LogP contribution in [-0.2, 0) is 11.2 Å². The summed E-state index contributed by atoms with van der Waals surface area (Å²) < 4.78 is 16.0. The highest BCUT2D eigenvalue weighted by molar-refractivity contribution is 5.80. The fourth-order valence-corrected chi connectivity index (χ4v) is 2.12. The molecule has 0 radical (unpaired) electrons. The van der Waals surface area contributed by atoms with Crippen LogP contribution >= 0.6 is 0 Å². The monoisotopic (exact) mass is 319 g/mol. The van der Waals surface area contributed by atoms with Crippen LogP contribution in [0.3, 0.4) is 0 Å². The minimum atomic E-state index is 0.0288. The summed E-state index contributed by atoms with van der Waals surface area (Å²) in [4.78, 5) is 4.50. The van der Waals surface area contributed by atoms with E-state index in [1.54, 1.807) is 13.4 Å². The molecule has 2 heterocycles. The first-order valence-electron chi connectivity index (χ1n) is 7.81. The summed E-state index contributed by atoms with van der Waals surface area (Å²) in [7, 11) is 1.67. The van der Waals surface area contributed by atoms with Crippen molar-refractivity contribution in [2.75, 3.05) is 26.8 Å². The van der Waals surface area contributed by atoms with Gasteiger partial charge in [-0.15, -0.1) is 0 Å². The van der Waals surface area contributed by atoms with E-state index in [0.29, 0.717) is 13.2 Å². The number of furan rings is 2. The molecule has 2 aromatic rings. The Kier molecular flexibility index (Phi) is 6.75. The minimum Gasteiger partial charge on any atom is -0.469 e. The molecule has 0 saturated carbocycles. The summed E-state index contributed by atoms with van der Waals surface area (Å²) in [6.07, 6.45) is 2.48. The molecule has 1 atom stereocenters. The average molecular weight is 319 g/mol. The molecule has 0 aliphatic carbocycles. The number of nitrogens with one attached hydrogen (secondary N) is 2. The quantitative estimate of drug-likeness (QED) is 0.445. The molecule has 0 saturated heterocycles. The number of ether oxygens (including phenoxy) is 1. The number of hydrogen-bond acceptors (Lipinski definition) is 4. The molecule has 126 valence electrons. The molecule has 0 bridgehead atoms. The van der Waals surface area contributed by atoms with Crippen molar-refractivity contribution in [2.24, 2.45) is 4.99 Å². The highest BCUT2D eigenvalue weighted by Crippen LogP contribution is 2.15. The van der Waals surface area contributed by atoms with Gasteiger partial charge in [0, 0.05) is 20.1 Å². The summed E-state index contributed by atoms with van der Waals surface area (Å²) in [5, 5.41) is 6.65. The van der Waals surface area contributed by atoms with Gasteiger partial charge in [-0.05, 0) is 38.1 Å². The normalized spacial score (nSPS) is 13.1. The number of nitrogens with zero attached hydrogens (tertiary/aromatic N) is 1. The molecule has 0 spiro atoms. The van der Waals surface area contributed by atoms with Gasteiger partial charge in [0.05, 0.1) is 25.5 Å². The number of guanidine groups is 1. The van der Waals surface area contributed by atoms with Gasteiger partial charge in [-0.25, -0.2) is 0 Å². The topological polar surface area (TPSA) is 71.9 Å². The Morgan fingerprint density at radius 2 is 2.22 bits per heavy atom. The van der Waals surface area contributed by atoms with Gasteiger partial charge in [-0.1, -0.05) is 0 Å². The number of aryl methyl sites for hydroxylation is 1. The highest BCUT2D eigenvalue weighted by Gasteiger charge is 2.11. The summed E-state index contributed by atoms with van der Waals surface area (Å²) in [5.74, 6) is 3.46. The standard InChI is InChI=1S/C17H25N3O3/c1-13-6-7-16(23-13)14(2)20-17(19-10-12-21-3)18-9-8-15-5-4-11-22-15/h4-7,11,14H,8-10,12H2,1-3H3,(H2,18,19,20). The minimum absolute atomic E-state index is 0.0288. The van der Waals surface area contributed by atoms with Gasteiger partial charge in [-0.2, -0.15) is 0 Å². The lowest BCUT2D eigenvalue weighted by atomic mass is 10.2. The third kappa shape index (κ3) is 5.83. The van der Waals surface area contributed by atoms with Gasteiger partial charge in [-0.3, -0.25) is 4.99 Å². The average Bonchev–Trinajstić information content (AvgIpc) is 3.19. The second-order valence-corrected chi connectivity index (χ2v) is 5.29. The van der Waals surface area contributed by atoms with Crippen LogP contribution in [0.25, 0.3) is 0 Å².